The van der Waals surface area contributed by atoms with Gasteiger partial charge in [0.1, 0.15) is 17.3 Å². The lowest BCUT2D eigenvalue weighted by Gasteiger charge is -2.13. The van der Waals surface area contributed by atoms with Crippen molar-refractivity contribution in [3.8, 4) is 5.75 Å². The van der Waals surface area contributed by atoms with Crippen molar-refractivity contribution in [3.05, 3.63) is 23.5 Å². The summed E-state index contributed by atoms with van der Waals surface area (Å²) < 4.78 is 63.7. The Morgan fingerprint density at radius 2 is 2.09 bits per heavy atom. The number of rotatable bonds is 6. The van der Waals surface area contributed by atoms with Crippen molar-refractivity contribution in [1.82, 2.24) is 10.3 Å². The van der Waals surface area contributed by atoms with E-state index in [0.717, 1.165) is 25.2 Å². The van der Waals surface area contributed by atoms with Gasteiger partial charge in [-0.2, -0.15) is 13.2 Å². The molecule has 0 unspecified atom stereocenters. The van der Waals surface area contributed by atoms with Crippen molar-refractivity contribution in [1.29, 1.82) is 0 Å². The fourth-order valence-corrected chi connectivity index (χ4v) is 2.24. The van der Waals surface area contributed by atoms with Crippen molar-refractivity contribution in [3.63, 3.8) is 0 Å². The zero-order chi connectivity index (χ0) is 17.3. The molecule has 128 valence electrons. The van der Waals surface area contributed by atoms with Crippen LogP contribution in [0.15, 0.2) is 12.3 Å². The number of amides is 1. The molecule has 1 fully saturated rings. The number of alkyl halides is 3. The number of ether oxygens (including phenoxy) is 1. The molecule has 0 bridgehead atoms. The number of halogens is 3. The summed E-state index contributed by atoms with van der Waals surface area (Å²) in [6.07, 6.45) is -0.607. The minimum absolute atomic E-state index is 0.0515. The molecule has 23 heavy (non-hydrogen) atoms. The molecule has 1 amide bonds. The number of carbonyl (C=O) groups excluding carboxylic acids is 1. The van der Waals surface area contributed by atoms with Gasteiger partial charge in [-0.1, -0.05) is 0 Å². The largest absolute Gasteiger partial charge is 0.484 e. The fraction of sp³-hybridized carbons (Fsp3) is 0.538. The predicted octanol–water partition coefficient (Wildman–Crippen LogP) is 1.63. The van der Waals surface area contributed by atoms with E-state index in [4.69, 9.17) is 4.74 Å². The molecule has 2 rings (SSSR count). The van der Waals surface area contributed by atoms with Gasteiger partial charge in [-0.05, 0) is 18.8 Å². The van der Waals surface area contributed by atoms with E-state index >= 15 is 0 Å². The second-order valence-corrected chi connectivity index (χ2v) is 7.50. The third-order valence-electron chi connectivity index (χ3n) is 3.03. The summed E-state index contributed by atoms with van der Waals surface area (Å²) in [5.74, 6) is -1.35. The Kier molecular flexibility index (Phi) is 4.83. The van der Waals surface area contributed by atoms with Gasteiger partial charge in [0.25, 0.3) is 5.91 Å². The molecule has 0 aromatic carbocycles. The molecule has 1 aliphatic rings. The van der Waals surface area contributed by atoms with E-state index in [-0.39, 0.29) is 17.4 Å². The first-order valence-electron chi connectivity index (χ1n) is 6.70. The Morgan fingerprint density at radius 1 is 1.43 bits per heavy atom. The van der Waals surface area contributed by atoms with E-state index in [1.54, 1.807) is 0 Å². The quantitative estimate of drug-likeness (QED) is 0.841. The van der Waals surface area contributed by atoms with Gasteiger partial charge in [-0.3, -0.25) is 9.78 Å². The van der Waals surface area contributed by atoms with Gasteiger partial charge in [0, 0.05) is 24.1 Å². The van der Waals surface area contributed by atoms with Crippen LogP contribution in [-0.4, -0.2) is 44.2 Å². The number of hydrogen-bond donors (Lipinski definition) is 1. The topological polar surface area (TPSA) is 85.4 Å². The smallest absolute Gasteiger partial charge is 0.422 e. The SMILES string of the molecule is CS(=O)(=O)CNC(=O)c1cc(OCC(F)(F)F)c(C2CC2)cn1. The summed E-state index contributed by atoms with van der Waals surface area (Å²) in [5.41, 5.74) is 0.323. The lowest BCUT2D eigenvalue weighted by atomic mass is 10.1. The van der Waals surface area contributed by atoms with E-state index in [1.165, 1.54) is 6.20 Å². The molecule has 0 spiro atoms. The van der Waals surface area contributed by atoms with Gasteiger partial charge in [-0.25, -0.2) is 8.42 Å². The highest BCUT2D eigenvalue weighted by Crippen LogP contribution is 2.44. The summed E-state index contributed by atoms with van der Waals surface area (Å²) in [7, 11) is -3.42. The van der Waals surface area contributed by atoms with Crippen LogP contribution in [0.5, 0.6) is 5.75 Å². The lowest BCUT2D eigenvalue weighted by molar-refractivity contribution is -0.153. The van der Waals surface area contributed by atoms with E-state index in [9.17, 15) is 26.4 Å². The molecule has 0 saturated heterocycles. The Morgan fingerprint density at radius 3 is 2.61 bits per heavy atom. The van der Waals surface area contributed by atoms with Gasteiger partial charge in [-0.15, -0.1) is 0 Å². The van der Waals surface area contributed by atoms with E-state index in [0.29, 0.717) is 5.56 Å². The van der Waals surface area contributed by atoms with E-state index < -0.39 is 34.4 Å². The van der Waals surface area contributed by atoms with Crippen LogP contribution in [0.25, 0.3) is 0 Å². The number of carbonyl (C=O) groups is 1. The van der Waals surface area contributed by atoms with Gasteiger partial charge >= 0.3 is 6.18 Å². The fourth-order valence-electron chi connectivity index (χ4n) is 1.84. The third kappa shape index (κ3) is 5.70. The number of nitrogens with one attached hydrogen (secondary N) is 1. The molecular formula is C13H15F3N2O4S. The molecule has 1 heterocycles. The van der Waals surface area contributed by atoms with Crippen LogP contribution in [-0.2, 0) is 9.84 Å². The lowest BCUT2D eigenvalue weighted by Crippen LogP contribution is -2.29. The molecule has 6 nitrogen and oxygen atoms in total. The maximum atomic E-state index is 12.3. The predicted molar refractivity (Wildman–Crippen MR) is 74.9 cm³/mol. The Balaban J connectivity index is 2.16. The molecule has 0 atom stereocenters. The summed E-state index contributed by atoms with van der Waals surface area (Å²) in [5, 5.41) is 2.14. The van der Waals surface area contributed by atoms with E-state index in [1.807, 2.05) is 0 Å². The first kappa shape index (κ1) is 17.5. The number of pyridine rings is 1. The monoisotopic (exact) mass is 352 g/mol. The number of aromatic nitrogens is 1. The highest BCUT2D eigenvalue weighted by molar-refractivity contribution is 7.90. The molecule has 1 aromatic heterocycles. The highest BCUT2D eigenvalue weighted by atomic mass is 32.2. The Bertz CT molecular complexity index is 700. The van der Waals surface area contributed by atoms with Crippen LogP contribution in [0.3, 0.4) is 0 Å². The molecule has 10 heteroatoms. The van der Waals surface area contributed by atoms with Crippen LogP contribution in [0, 0.1) is 0 Å². The second-order valence-electron chi connectivity index (χ2n) is 5.36. The molecule has 1 N–H and O–H groups in total. The van der Waals surface area contributed by atoms with Crippen LogP contribution in [0.1, 0.15) is 34.8 Å². The zero-order valence-electron chi connectivity index (χ0n) is 12.2. The average molecular weight is 352 g/mol. The van der Waals surface area contributed by atoms with Gasteiger partial charge in [0.15, 0.2) is 16.4 Å². The molecular weight excluding hydrogens is 337 g/mol. The van der Waals surface area contributed by atoms with Gasteiger partial charge < -0.3 is 10.1 Å². The first-order chi connectivity index (χ1) is 10.6. The minimum Gasteiger partial charge on any atom is -0.484 e. The molecule has 1 aliphatic carbocycles. The van der Waals surface area contributed by atoms with Crippen molar-refractivity contribution in [2.24, 2.45) is 0 Å². The van der Waals surface area contributed by atoms with Crippen LogP contribution >= 0.6 is 0 Å². The summed E-state index contributed by atoms with van der Waals surface area (Å²) in [6, 6.07) is 1.11. The van der Waals surface area contributed by atoms with Crippen molar-refractivity contribution in [2.75, 3.05) is 18.7 Å². The van der Waals surface area contributed by atoms with Crippen LogP contribution < -0.4 is 10.1 Å². The molecule has 0 radical (unpaired) electrons. The number of sulfone groups is 1. The van der Waals surface area contributed by atoms with Gasteiger partial charge in [0.2, 0.25) is 0 Å². The maximum Gasteiger partial charge on any atom is 0.422 e. The van der Waals surface area contributed by atoms with Gasteiger partial charge in [0.05, 0.1) is 0 Å². The maximum absolute atomic E-state index is 12.3. The number of hydrogen-bond acceptors (Lipinski definition) is 5. The number of nitrogens with zero attached hydrogens (tertiary/aromatic N) is 1. The highest BCUT2D eigenvalue weighted by Gasteiger charge is 2.32. The second kappa shape index (κ2) is 6.34. The molecule has 0 aliphatic heterocycles. The summed E-state index contributed by atoms with van der Waals surface area (Å²) in [4.78, 5) is 15.7. The van der Waals surface area contributed by atoms with Crippen LogP contribution in [0.4, 0.5) is 13.2 Å². The van der Waals surface area contributed by atoms with E-state index in [2.05, 4.69) is 10.3 Å². The van der Waals surface area contributed by atoms with Crippen molar-refractivity contribution >= 4 is 15.7 Å². The Hall–Kier alpha value is -1.84. The Labute approximate surface area is 131 Å². The molecule has 1 saturated carbocycles. The van der Waals surface area contributed by atoms with Crippen LogP contribution in [0.2, 0.25) is 0 Å². The van der Waals surface area contributed by atoms with Crippen molar-refractivity contribution in [2.45, 2.75) is 24.9 Å². The summed E-state index contributed by atoms with van der Waals surface area (Å²) >= 11 is 0. The third-order valence-corrected chi connectivity index (χ3v) is 3.70. The average Bonchev–Trinajstić information content (AvgIpc) is 3.25. The molecule has 1 aromatic rings. The standard InChI is InChI=1S/C13H15F3N2O4S/c1-23(20,21)7-18-12(19)10-4-11(22-6-13(14,15)16)9(5-17-10)8-2-3-8/h4-5,8H,2-3,6-7H2,1H3,(H,18,19). The van der Waals surface area contributed by atoms with Crippen molar-refractivity contribution < 1.29 is 31.1 Å². The zero-order valence-corrected chi connectivity index (χ0v) is 13.0. The normalized spacial score (nSPS) is 15.3. The first-order valence-corrected chi connectivity index (χ1v) is 8.76. The minimum atomic E-state index is -4.50. The summed E-state index contributed by atoms with van der Waals surface area (Å²) in [6.45, 7) is -1.47.